The smallest absolute Gasteiger partial charge is 0.418 e. The summed E-state index contributed by atoms with van der Waals surface area (Å²) in [6, 6.07) is 8.06. The lowest BCUT2D eigenvalue weighted by atomic mass is 10.1. The third-order valence-corrected chi connectivity index (χ3v) is 3.76. The Bertz CT molecular complexity index is 826. The molecule has 1 N–H and O–H groups in total. The summed E-state index contributed by atoms with van der Waals surface area (Å²) in [5, 5.41) is 2.23. The maximum Gasteiger partial charge on any atom is 0.418 e. The Kier molecular flexibility index (Phi) is 7.24. The summed E-state index contributed by atoms with van der Waals surface area (Å²) >= 11 is 0. The van der Waals surface area contributed by atoms with Gasteiger partial charge in [-0.15, -0.1) is 0 Å². The van der Waals surface area contributed by atoms with E-state index >= 15 is 0 Å². The molecule has 0 radical (unpaired) electrons. The maximum absolute atomic E-state index is 13.3. The number of benzene rings is 2. The molecule has 2 aromatic rings. The third-order valence-electron chi connectivity index (χ3n) is 3.76. The number of rotatable bonds is 7. The first-order valence-electron chi connectivity index (χ1n) is 8.50. The zero-order chi connectivity index (χ0) is 21.6. The van der Waals surface area contributed by atoms with Crippen LogP contribution in [0.25, 0.3) is 0 Å². The molecule has 0 aliphatic rings. The normalized spacial score (nSPS) is 11.3. The summed E-state index contributed by atoms with van der Waals surface area (Å²) in [7, 11) is 1.39. The molecular formula is C19H19F5N2O3. The fraction of sp³-hybridized carbons (Fsp3) is 0.316. The topological polar surface area (TPSA) is 50.8 Å². The van der Waals surface area contributed by atoms with Gasteiger partial charge in [-0.25, -0.2) is 4.79 Å². The standard InChI is InChI=1S/C19H19F5N2O3/c1-3-28-14-8-9-16(15(10-14)19(22,23)24)25-18(27)26(2)11-12-4-6-13(7-5-12)29-17(20)21/h4-10,17H,3,11H2,1-2H3,(H,25,27). The highest BCUT2D eigenvalue weighted by atomic mass is 19.4. The molecule has 0 atom stereocenters. The molecule has 10 heteroatoms. The first-order chi connectivity index (χ1) is 13.6. The fourth-order valence-corrected chi connectivity index (χ4v) is 2.46. The molecule has 0 aliphatic carbocycles. The molecule has 0 aromatic heterocycles. The summed E-state index contributed by atoms with van der Waals surface area (Å²) < 4.78 is 73.6. The number of urea groups is 1. The predicted octanol–water partition coefficient (Wildman–Crippen LogP) is 5.37. The Labute approximate surface area is 164 Å². The molecule has 0 bridgehead atoms. The number of ether oxygens (including phenoxy) is 2. The van der Waals surface area contributed by atoms with Gasteiger partial charge in [-0.05, 0) is 42.8 Å². The van der Waals surface area contributed by atoms with Gasteiger partial charge in [0.2, 0.25) is 0 Å². The highest BCUT2D eigenvalue weighted by molar-refractivity contribution is 5.90. The van der Waals surface area contributed by atoms with Gasteiger partial charge in [0.1, 0.15) is 11.5 Å². The molecule has 2 rings (SSSR count). The molecule has 0 fully saturated rings. The second kappa shape index (κ2) is 9.44. The van der Waals surface area contributed by atoms with Gasteiger partial charge in [-0.3, -0.25) is 0 Å². The molecule has 29 heavy (non-hydrogen) atoms. The van der Waals surface area contributed by atoms with E-state index < -0.39 is 30.1 Å². The number of anilines is 1. The second-order valence-electron chi connectivity index (χ2n) is 5.95. The first kappa shape index (κ1) is 22.3. The molecule has 0 unspecified atom stereocenters. The Morgan fingerprint density at radius 1 is 1.10 bits per heavy atom. The van der Waals surface area contributed by atoms with E-state index in [1.807, 2.05) is 0 Å². The van der Waals surface area contributed by atoms with E-state index in [4.69, 9.17) is 4.74 Å². The van der Waals surface area contributed by atoms with Crippen LogP contribution in [0.2, 0.25) is 0 Å². The van der Waals surface area contributed by atoms with Crippen LogP contribution < -0.4 is 14.8 Å². The van der Waals surface area contributed by atoms with Gasteiger partial charge < -0.3 is 19.7 Å². The average molecular weight is 418 g/mol. The number of amides is 2. The molecular weight excluding hydrogens is 399 g/mol. The van der Waals surface area contributed by atoms with Gasteiger partial charge >= 0.3 is 18.8 Å². The van der Waals surface area contributed by atoms with E-state index in [1.54, 1.807) is 6.92 Å². The quantitative estimate of drug-likeness (QED) is 0.615. The number of hydrogen-bond acceptors (Lipinski definition) is 3. The van der Waals surface area contributed by atoms with Crippen molar-refractivity contribution >= 4 is 11.7 Å². The summed E-state index contributed by atoms with van der Waals surface area (Å²) in [6.45, 7) is -1.07. The van der Waals surface area contributed by atoms with Crippen LogP contribution >= 0.6 is 0 Å². The van der Waals surface area contributed by atoms with Gasteiger partial charge in [-0.1, -0.05) is 12.1 Å². The van der Waals surface area contributed by atoms with E-state index in [0.717, 1.165) is 17.0 Å². The molecule has 0 saturated carbocycles. The minimum atomic E-state index is -4.69. The highest BCUT2D eigenvalue weighted by Gasteiger charge is 2.34. The number of halogens is 5. The minimum Gasteiger partial charge on any atom is -0.494 e. The van der Waals surface area contributed by atoms with Crippen molar-refractivity contribution in [1.29, 1.82) is 0 Å². The summed E-state index contributed by atoms with van der Waals surface area (Å²) in [4.78, 5) is 13.5. The van der Waals surface area contributed by atoms with Gasteiger partial charge in [0.25, 0.3) is 0 Å². The van der Waals surface area contributed by atoms with Gasteiger partial charge in [0, 0.05) is 13.6 Å². The van der Waals surface area contributed by atoms with Crippen LogP contribution in [0, 0.1) is 0 Å². The number of nitrogens with zero attached hydrogens (tertiary/aromatic N) is 1. The number of alkyl halides is 5. The van der Waals surface area contributed by atoms with Gasteiger partial charge in [0.15, 0.2) is 0 Å². The van der Waals surface area contributed by atoms with Crippen LogP contribution in [-0.4, -0.2) is 31.2 Å². The lowest BCUT2D eigenvalue weighted by molar-refractivity contribution is -0.137. The molecule has 5 nitrogen and oxygen atoms in total. The Balaban J connectivity index is 2.09. The summed E-state index contributed by atoms with van der Waals surface area (Å²) in [6.07, 6.45) is -4.69. The molecule has 2 aromatic carbocycles. The van der Waals surface area contributed by atoms with Crippen molar-refractivity contribution in [2.45, 2.75) is 26.3 Å². The summed E-state index contributed by atoms with van der Waals surface area (Å²) in [5.74, 6) is -0.00246. The summed E-state index contributed by atoms with van der Waals surface area (Å²) in [5.41, 5.74) is -0.857. The van der Waals surface area contributed by atoms with E-state index in [1.165, 1.54) is 37.4 Å². The first-order valence-corrected chi connectivity index (χ1v) is 8.50. The van der Waals surface area contributed by atoms with Crippen LogP contribution in [0.4, 0.5) is 32.4 Å². The van der Waals surface area contributed by atoms with E-state index in [2.05, 4.69) is 10.1 Å². The maximum atomic E-state index is 13.3. The Hall–Kier alpha value is -3.04. The molecule has 0 saturated heterocycles. The van der Waals surface area contributed by atoms with Gasteiger partial charge in [0.05, 0.1) is 17.9 Å². The number of carbonyl (C=O) groups is 1. The van der Waals surface area contributed by atoms with Crippen molar-refractivity contribution in [1.82, 2.24) is 4.90 Å². The number of carbonyl (C=O) groups excluding carboxylic acids is 1. The minimum absolute atomic E-state index is 0.0392. The Morgan fingerprint density at radius 3 is 2.28 bits per heavy atom. The molecule has 0 spiro atoms. The predicted molar refractivity (Wildman–Crippen MR) is 96.2 cm³/mol. The average Bonchev–Trinajstić information content (AvgIpc) is 2.63. The zero-order valence-corrected chi connectivity index (χ0v) is 15.6. The van der Waals surface area contributed by atoms with Crippen LogP contribution in [0.1, 0.15) is 18.1 Å². The fourth-order valence-electron chi connectivity index (χ4n) is 2.46. The number of nitrogens with one attached hydrogen (secondary N) is 1. The van der Waals surface area contributed by atoms with Crippen molar-refractivity contribution in [3.05, 3.63) is 53.6 Å². The zero-order valence-electron chi connectivity index (χ0n) is 15.6. The molecule has 0 heterocycles. The van der Waals surface area contributed by atoms with Crippen molar-refractivity contribution in [2.75, 3.05) is 19.0 Å². The number of hydrogen-bond donors (Lipinski definition) is 1. The SMILES string of the molecule is CCOc1ccc(NC(=O)N(C)Cc2ccc(OC(F)F)cc2)c(C(F)(F)F)c1. The third kappa shape index (κ3) is 6.51. The lowest BCUT2D eigenvalue weighted by Crippen LogP contribution is -2.31. The van der Waals surface area contributed by atoms with Crippen LogP contribution in [0.5, 0.6) is 11.5 Å². The van der Waals surface area contributed by atoms with Crippen LogP contribution in [0.15, 0.2) is 42.5 Å². The van der Waals surface area contributed by atoms with E-state index in [-0.39, 0.29) is 24.7 Å². The second-order valence-corrected chi connectivity index (χ2v) is 5.95. The van der Waals surface area contributed by atoms with Crippen molar-refractivity contribution in [3.63, 3.8) is 0 Å². The van der Waals surface area contributed by atoms with Crippen molar-refractivity contribution in [3.8, 4) is 11.5 Å². The molecule has 2 amide bonds. The van der Waals surface area contributed by atoms with Crippen molar-refractivity contribution < 1.29 is 36.2 Å². The van der Waals surface area contributed by atoms with Crippen molar-refractivity contribution in [2.24, 2.45) is 0 Å². The highest BCUT2D eigenvalue weighted by Crippen LogP contribution is 2.37. The monoisotopic (exact) mass is 418 g/mol. The van der Waals surface area contributed by atoms with E-state index in [0.29, 0.717) is 5.56 Å². The Morgan fingerprint density at radius 2 is 1.72 bits per heavy atom. The molecule has 158 valence electrons. The van der Waals surface area contributed by atoms with Gasteiger partial charge in [-0.2, -0.15) is 22.0 Å². The van der Waals surface area contributed by atoms with Crippen LogP contribution in [0.3, 0.4) is 0 Å². The lowest BCUT2D eigenvalue weighted by Gasteiger charge is -2.21. The largest absolute Gasteiger partial charge is 0.494 e. The molecule has 0 aliphatic heterocycles. The van der Waals surface area contributed by atoms with Crippen LogP contribution in [-0.2, 0) is 12.7 Å². The van der Waals surface area contributed by atoms with E-state index in [9.17, 15) is 26.7 Å².